The lowest BCUT2D eigenvalue weighted by Crippen LogP contribution is -2.37. The van der Waals surface area contributed by atoms with Crippen molar-refractivity contribution in [1.29, 1.82) is 0 Å². The molecule has 9 heteroatoms. The van der Waals surface area contributed by atoms with Crippen LogP contribution in [0.1, 0.15) is 38.3 Å². The van der Waals surface area contributed by atoms with Crippen LogP contribution >= 0.6 is 0 Å². The zero-order valence-electron chi connectivity index (χ0n) is 18.0. The Bertz CT molecular complexity index is 1060. The van der Waals surface area contributed by atoms with Gasteiger partial charge in [-0.15, -0.1) is 0 Å². The van der Waals surface area contributed by atoms with Crippen LogP contribution in [0.4, 0.5) is 0 Å². The highest BCUT2D eigenvalue weighted by Crippen LogP contribution is 2.31. The fourth-order valence-corrected chi connectivity index (χ4v) is 5.00. The quantitative estimate of drug-likeness (QED) is 0.507. The summed E-state index contributed by atoms with van der Waals surface area (Å²) in [4.78, 5) is 0.215. The number of methoxy groups -OCH3 is 1. The second-order valence-electron chi connectivity index (χ2n) is 7.04. The predicted octanol–water partition coefficient (Wildman–Crippen LogP) is 3.72. The van der Waals surface area contributed by atoms with Gasteiger partial charge in [-0.3, -0.25) is 0 Å². The Hall–Kier alpha value is -2.10. The molecule has 2 aromatic carbocycles. The average Bonchev–Trinajstić information content (AvgIpc) is 2.71. The van der Waals surface area contributed by atoms with Crippen LogP contribution in [-0.4, -0.2) is 40.0 Å². The number of sulfonamides is 1. The molecule has 0 fully saturated rings. The Balaban J connectivity index is 2.45. The van der Waals surface area contributed by atoms with Crippen LogP contribution in [0.5, 0.6) is 11.5 Å². The van der Waals surface area contributed by atoms with E-state index in [-0.39, 0.29) is 34.7 Å². The molecule has 0 radical (unpaired) electrons. The van der Waals surface area contributed by atoms with E-state index >= 15 is 0 Å². The lowest BCUT2D eigenvalue weighted by molar-refractivity contribution is 0.322. The molecule has 0 spiro atoms. The lowest BCUT2D eigenvalue weighted by Gasteiger charge is -2.28. The summed E-state index contributed by atoms with van der Waals surface area (Å²) in [5.74, 6) is 0.0993. The maximum atomic E-state index is 13.3. The van der Waals surface area contributed by atoms with E-state index in [0.29, 0.717) is 12.0 Å². The molecule has 0 saturated carbocycles. The van der Waals surface area contributed by atoms with Gasteiger partial charge < -0.3 is 8.92 Å². The molecule has 1 atom stereocenters. The summed E-state index contributed by atoms with van der Waals surface area (Å²) in [7, 11) is -6.10. The van der Waals surface area contributed by atoms with E-state index in [4.69, 9.17) is 8.92 Å². The van der Waals surface area contributed by atoms with Gasteiger partial charge in [0.25, 0.3) is 0 Å². The SMILES string of the molecule is CCC(C)N(Cc1ccc(OC)c(OS(=O)(=O)CC)c1)S(=O)(=O)c1ccc(C)cc1. The normalized spacial score (nSPS) is 13.3. The van der Waals surface area contributed by atoms with Gasteiger partial charge in [0.05, 0.1) is 17.8 Å². The van der Waals surface area contributed by atoms with Crippen molar-refractivity contribution in [2.24, 2.45) is 0 Å². The molecular formula is C21H29NO6S2. The molecule has 2 rings (SSSR count). The number of aryl methyl sites for hydroxylation is 1. The predicted molar refractivity (Wildman–Crippen MR) is 117 cm³/mol. The summed E-state index contributed by atoms with van der Waals surface area (Å²) in [6.45, 7) is 7.20. The molecule has 1 unspecified atom stereocenters. The van der Waals surface area contributed by atoms with E-state index in [1.807, 2.05) is 20.8 Å². The van der Waals surface area contributed by atoms with Crippen molar-refractivity contribution in [2.75, 3.05) is 12.9 Å². The molecule has 2 aromatic rings. The third-order valence-corrected chi connectivity index (χ3v) is 7.96. The van der Waals surface area contributed by atoms with Crippen LogP contribution in [0.25, 0.3) is 0 Å². The number of rotatable bonds is 10. The highest BCUT2D eigenvalue weighted by atomic mass is 32.2. The number of benzene rings is 2. The van der Waals surface area contributed by atoms with Gasteiger partial charge in [0.15, 0.2) is 11.5 Å². The molecule has 7 nitrogen and oxygen atoms in total. The largest absolute Gasteiger partial charge is 0.493 e. The average molecular weight is 456 g/mol. The first-order chi connectivity index (χ1) is 14.0. The first-order valence-corrected chi connectivity index (χ1v) is 12.7. The summed E-state index contributed by atoms with van der Waals surface area (Å²) in [5, 5.41) is 0. The maximum Gasteiger partial charge on any atom is 0.309 e. The Morgan fingerprint density at radius 1 is 0.967 bits per heavy atom. The molecule has 0 amide bonds. The summed E-state index contributed by atoms with van der Waals surface area (Å²) in [6.07, 6.45) is 0.620. The van der Waals surface area contributed by atoms with Crippen molar-refractivity contribution in [3.63, 3.8) is 0 Å². The Morgan fingerprint density at radius 2 is 1.60 bits per heavy atom. The molecule has 30 heavy (non-hydrogen) atoms. The summed E-state index contributed by atoms with van der Waals surface area (Å²) in [6, 6.07) is 11.2. The van der Waals surface area contributed by atoms with Crippen LogP contribution in [0, 0.1) is 6.92 Å². The summed E-state index contributed by atoms with van der Waals surface area (Å²) in [5.41, 5.74) is 1.56. The van der Waals surface area contributed by atoms with Crippen molar-refractivity contribution in [3.8, 4) is 11.5 Å². The van der Waals surface area contributed by atoms with Crippen molar-refractivity contribution in [3.05, 3.63) is 53.6 Å². The van der Waals surface area contributed by atoms with Crippen molar-refractivity contribution < 1.29 is 25.8 Å². The molecule has 0 aromatic heterocycles. The minimum atomic E-state index is -3.76. The van der Waals surface area contributed by atoms with E-state index in [2.05, 4.69) is 0 Å². The van der Waals surface area contributed by atoms with Crippen LogP contribution in [-0.2, 0) is 26.7 Å². The summed E-state index contributed by atoms with van der Waals surface area (Å²) >= 11 is 0. The van der Waals surface area contributed by atoms with Gasteiger partial charge in [0.2, 0.25) is 10.0 Å². The molecule has 0 aliphatic carbocycles. The second-order valence-corrected chi connectivity index (χ2v) is 10.8. The van der Waals surface area contributed by atoms with Crippen LogP contribution in [0.15, 0.2) is 47.4 Å². The third-order valence-electron chi connectivity index (χ3n) is 4.85. The van der Waals surface area contributed by atoms with Crippen LogP contribution < -0.4 is 8.92 Å². The van der Waals surface area contributed by atoms with Gasteiger partial charge >= 0.3 is 10.1 Å². The Morgan fingerprint density at radius 3 is 2.13 bits per heavy atom. The molecular weight excluding hydrogens is 426 g/mol. The third kappa shape index (κ3) is 5.74. The van der Waals surface area contributed by atoms with Gasteiger partial charge in [0.1, 0.15) is 0 Å². The highest BCUT2D eigenvalue weighted by Gasteiger charge is 2.29. The van der Waals surface area contributed by atoms with Gasteiger partial charge in [0, 0.05) is 12.6 Å². The van der Waals surface area contributed by atoms with Crippen molar-refractivity contribution in [1.82, 2.24) is 4.31 Å². The van der Waals surface area contributed by atoms with E-state index in [1.165, 1.54) is 24.4 Å². The van der Waals surface area contributed by atoms with E-state index in [9.17, 15) is 16.8 Å². The van der Waals surface area contributed by atoms with Gasteiger partial charge in [-0.2, -0.15) is 12.7 Å². The standard InChI is InChI=1S/C21H29NO6S2/c1-6-17(4)22(30(25,26)19-11-8-16(3)9-12-19)15-18-10-13-20(27-5)21(14-18)28-29(23,24)7-2/h8-14,17H,6-7,15H2,1-5H3. The van der Waals surface area contributed by atoms with Crippen molar-refractivity contribution in [2.45, 2.75) is 51.6 Å². The molecule has 0 N–H and O–H groups in total. The van der Waals surface area contributed by atoms with E-state index < -0.39 is 20.1 Å². The fourth-order valence-electron chi connectivity index (χ4n) is 2.79. The van der Waals surface area contributed by atoms with Gasteiger partial charge in [-0.05, 0) is 57.0 Å². The van der Waals surface area contributed by atoms with E-state index in [0.717, 1.165) is 5.56 Å². The minimum Gasteiger partial charge on any atom is -0.493 e. The monoisotopic (exact) mass is 455 g/mol. The Labute approximate surface area is 179 Å². The van der Waals surface area contributed by atoms with Crippen LogP contribution in [0.2, 0.25) is 0 Å². The molecule has 166 valence electrons. The minimum absolute atomic E-state index is 0.0358. The molecule has 0 saturated heterocycles. The smallest absolute Gasteiger partial charge is 0.309 e. The first kappa shape index (κ1) is 24.2. The molecule has 0 aliphatic heterocycles. The van der Waals surface area contributed by atoms with Gasteiger partial charge in [-0.25, -0.2) is 8.42 Å². The number of nitrogens with zero attached hydrogens (tertiary/aromatic N) is 1. The molecule has 0 bridgehead atoms. The van der Waals surface area contributed by atoms with Crippen molar-refractivity contribution >= 4 is 20.1 Å². The number of ether oxygens (including phenoxy) is 1. The topological polar surface area (TPSA) is 90.0 Å². The molecule has 0 aliphatic rings. The molecule has 0 heterocycles. The zero-order valence-corrected chi connectivity index (χ0v) is 19.6. The zero-order chi connectivity index (χ0) is 22.5. The highest BCUT2D eigenvalue weighted by molar-refractivity contribution is 7.89. The summed E-state index contributed by atoms with van der Waals surface area (Å²) < 4.78 is 62.2. The maximum absolute atomic E-state index is 13.3. The Kier molecular flexibility index (Phi) is 7.90. The fraction of sp³-hybridized carbons (Fsp3) is 0.429. The number of hydrogen-bond donors (Lipinski definition) is 0. The van der Waals surface area contributed by atoms with Gasteiger partial charge in [-0.1, -0.05) is 30.7 Å². The number of hydrogen-bond acceptors (Lipinski definition) is 6. The lowest BCUT2D eigenvalue weighted by atomic mass is 10.2. The van der Waals surface area contributed by atoms with Crippen LogP contribution in [0.3, 0.4) is 0 Å². The second kappa shape index (κ2) is 9.80. The first-order valence-electron chi connectivity index (χ1n) is 9.71. The van der Waals surface area contributed by atoms with E-state index in [1.54, 1.807) is 36.4 Å².